The molecule has 16 heavy (non-hydrogen) atoms. The summed E-state index contributed by atoms with van der Waals surface area (Å²) in [6.45, 7) is 0.218. The molecule has 0 saturated carbocycles. The van der Waals surface area contributed by atoms with Crippen molar-refractivity contribution in [3.05, 3.63) is 28.8 Å². The van der Waals surface area contributed by atoms with Crippen LogP contribution in [-0.4, -0.2) is 18.6 Å². The van der Waals surface area contributed by atoms with E-state index >= 15 is 0 Å². The fourth-order valence-electron chi connectivity index (χ4n) is 1.62. The van der Waals surface area contributed by atoms with Crippen LogP contribution < -0.4 is 10.1 Å². The molecule has 3 nitrogen and oxygen atoms in total. The van der Waals surface area contributed by atoms with Crippen LogP contribution in [0.25, 0.3) is 0 Å². The van der Waals surface area contributed by atoms with Crippen molar-refractivity contribution in [1.29, 1.82) is 0 Å². The maximum Gasteiger partial charge on any atom is 0.262 e. The Morgan fingerprint density at radius 3 is 3.25 bits per heavy atom. The third kappa shape index (κ3) is 2.12. The number of carbonyl (C=O) groups excluding carboxylic acids is 1. The minimum Gasteiger partial charge on any atom is -0.480 e. The zero-order chi connectivity index (χ0) is 11.5. The molecule has 82 valence electrons. The Hall–Kier alpha value is -1.66. The second kappa shape index (κ2) is 4.46. The molecule has 0 saturated heterocycles. The van der Waals surface area contributed by atoms with E-state index in [-0.39, 0.29) is 12.5 Å². The smallest absolute Gasteiger partial charge is 0.262 e. The molecule has 1 unspecified atom stereocenters. The van der Waals surface area contributed by atoms with E-state index in [1.54, 1.807) is 12.1 Å². The number of fused-ring (bicyclic) bond motifs is 1. The van der Waals surface area contributed by atoms with Crippen LogP contribution in [0.4, 0.5) is 0 Å². The maximum atomic E-state index is 11.6. The van der Waals surface area contributed by atoms with Gasteiger partial charge in [-0.2, -0.15) is 0 Å². The number of hydrogen-bond donors (Lipinski definition) is 1. The highest BCUT2D eigenvalue weighted by atomic mass is 35.5. The van der Waals surface area contributed by atoms with Gasteiger partial charge in [-0.25, -0.2) is 0 Å². The van der Waals surface area contributed by atoms with E-state index in [1.165, 1.54) is 0 Å². The molecule has 1 N–H and O–H groups in total. The summed E-state index contributed by atoms with van der Waals surface area (Å²) in [6.07, 6.45) is 5.09. The topological polar surface area (TPSA) is 38.3 Å². The van der Waals surface area contributed by atoms with Gasteiger partial charge in [-0.1, -0.05) is 17.5 Å². The molecule has 1 aliphatic heterocycles. The fraction of sp³-hybridized carbons (Fsp3) is 0.250. The molecule has 0 aromatic heterocycles. The maximum absolute atomic E-state index is 11.6. The third-order valence-electron chi connectivity index (χ3n) is 2.35. The number of amides is 1. The average molecular weight is 236 g/mol. The quantitative estimate of drug-likeness (QED) is 0.787. The van der Waals surface area contributed by atoms with Gasteiger partial charge in [0.25, 0.3) is 5.91 Å². The molecular formula is C12H10ClNO2. The summed E-state index contributed by atoms with van der Waals surface area (Å²) in [5.41, 5.74) is 0.952. The van der Waals surface area contributed by atoms with E-state index in [2.05, 4.69) is 11.2 Å². The van der Waals surface area contributed by atoms with Crippen LogP contribution in [0.15, 0.2) is 18.2 Å². The summed E-state index contributed by atoms with van der Waals surface area (Å²) in [6, 6.07) is 5.32. The predicted molar refractivity (Wildman–Crippen MR) is 61.4 cm³/mol. The number of hydrogen-bond acceptors (Lipinski definition) is 2. The van der Waals surface area contributed by atoms with Gasteiger partial charge in [-0.3, -0.25) is 4.79 Å². The van der Waals surface area contributed by atoms with Crippen molar-refractivity contribution in [2.75, 3.05) is 6.54 Å². The van der Waals surface area contributed by atoms with Crippen LogP contribution in [0, 0.1) is 12.3 Å². The summed E-state index contributed by atoms with van der Waals surface area (Å²) in [5, 5.41) is 3.24. The fourth-order valence-corrected chi connectivity index (χ4v) is 1.81. The second-order valence-electron chi connectivity index (χ2n) is 3.48. The Labute approximate surface area is 98.7 Å². The molecule has 1 aromatic carbocycles. The van der Waals surface area contributed by atoms with E-state index < -0.39 is 6.10 Å². The Bertz CT molecular complexity index is 465. The minimum atomic E-state index is -0.498. The van der Waals surface area contributed by atoms with E-state index in [4.69, 9.17) is 22.8 Å². The van der Waals surface area contributed by atoms with Crippen LogP contribution in [0.5, 0.6) is 5.75 Å². The van der Waals surface area contributed by atoms with Gasteiger partial charge >= 0.3 is 0 Å². The molecule has 4 heteroatoms. The lowest BCUT2D eigenvalue weighted by Crippen LogP contribution is -2.37. The summed E-state index contributed by atoms with van der Waals surface area (Å²) in [4.78, 5) is 11.6. The van der Waals surface area contributed by atoms with Crippen molar-refractivity contribution < 1.29 is 9.53 Å². The summed E-state index contributed by atoms with van der Waals surface area (Å²) >= 11 is 5.85. The number of rotatable bonds is 2. The summed E-state index contributed by atoms with van der Waals surface area (Å²) in [7, 11) is 0. The minimum absolute atomic E-state index is 0.190. The highest BCUT2D eigenvalue weighted by Crippen LogP contribution is 2.30. The van der Waals surface area contributed by atoms with Gasteiger partial charge < -0.3 is 10.1 Å². The van der Waals surface area contributed by atoms with E-state index in [0.717, 1.165) is 5.56 Å². The molecule has 0 radical (unpaired) electrons. The second-order valence-corrected chi connectivity index (χ2v) is 3.92. The van der Waals surface area contributed by atoms with Crippen LogP contribution >= 0.6 is 11.6 Å². The van der Waals surface area contributed by atoms with Gasteiger partial charge in [0.15, 0.2) is 6.10 Å². The molecule has 1 aliphatic rings. The molecule has 0 spiro atoms. The van der Waals surface area contributed by atoms with Gasteiger partial charge in [0.2, 0.25) is 0 Å². The lowest BCUT2D eigenvalue weighted by molar-refractivity contribution is -0.126. The molecule has 2 rings (SSSR count). The first-order valence-corrected chi connectivity index (χ1v) is 5.25. The Morgan fingerprint density at radius 2 is 2.50 bits per heavy atom. The zero-order valence-corrected chi connectivity index (χ0v) is 9.25. The van der Waals surface area contributed by atoms with Gasteiger partial charge in [0.05, 0.1) is 6.54 Å². The Balaban J connectivity index is 2.05. The number of benzene rings is 1. The van der Waals surface area contributed by atoms with E-state index in [0.29, 0.717) is 17.2 Å². The molecule has 1 heterocycles. The van der Waals surface area contributed by atoms with Crippen molar-refractivity contribution in [3.63, 3.8) is 0 Å². The Morgan fingerprint density at radius 1 is 1.69 bits per heavy atom. The molecule has 1 amide bonds. The van der Waals surface area contributed by atoms with Crippen LogP contribution in [-0.2, 0) is 11.2 Å². The highest BCUT2D eigenvalue weighted by molar-refractivity contribution is 6.30. The highest BCUT2D eigenvalue weighted by Gasteiger charge is 2.28. The van der Waals surface area contributed by atoms with Crippen molar-refractivity contribution >= 4 is 17.5 Å². The van der Waals surface area contributed by atoms with Gasteiger partial charge in [0.1, 0.15) is 5.75 Å². The lowest BCUT2D eigenvalue weighted by atomic mass is 10.1. The number of ether oxygens (including phenoxy) is 1. The first-order valence-electron chi connectivity index (χ1n) is 4.87. The monoisotopic (exact) mass is 235 g/mol. The number of carbonyl (C=O) groups is 1. The van der Waals surface area contributed by atoms with Crippen LogP contribution in [0.2, 0.25) is 5.02 Å². The normalized spacial score (nSPS) is 17.1. The largest absolute Gasteiger partial charge is 0.480 e. The first kappa shape index (κ1) is 10.8. The number of nitrogens with one attached hydrogen (secondary N) is 1. The SMILES string of the molecule is C#CCNC(=O)C1Cc2cc(Cl)ccc2O1. The molecule has 1 atom stereocenters. The molecular weight excluding hydrogens is 226 g/mol. The first-order chi connectivity index (χ1) is 7.70. The number of terminal acetylenes is 1. The van der Waals surface area contributed by atoms with Crippen LogP contribution in [0.1, 0.15) is 5.56 Å². The lowest BCUT2D eigenvalue weighted by Gasteiger charge is -2.09. The van der Waals surface area contributed by atoms with E-state index in [1.807, 2.05) is 6.07 Å². The molecule has 1 aromatic rings. The van der Waals surface area contributed by atoms with E-state index in [9.17, 15) is 4.79 Å². The van der Waals surface area contributed by atoms with Crippen molar-refractivity contribution in [3.8, 4) is 18.1 Å². The van der Waals surface area contributed by atoms with Crippen LogP contribution in [0.3, 0.4) is 0 Å². The Kier molecular flexibility index (Phi) is 3.02. The van der Waals surface area contributed by atoms with Crippen molar-refractivity contribution in [2.45, 2.75) is 12.5 Å². The average Bonchev–Trinajstić information content (AvgIpc) is 2.68. The number of halogens is 1. The summed E-state index contributed by atoms with van der Waals surface area (Å²) < 4.78 is 5.48. The molecule has 0 fully saturated rings. The zero-order valence-electron chi connectivity index (χ0n) is 8.50. The van der Waals surface area contributed by atoms with Crippen molar-refractivity contribution in [2.24, 2.45) is 0 Å². The third-order valence-corrected chi connectivity index (χ3v) is 2.59. The predicted octanol–water partition coefficient (Wildman–Crippen LogP) is 1.39. The van der Waals surface area contributed by atoms with Gasteiger partial charge in [0, 0.05) is 11.4 Å². The van der Waals surface area contributed by atoms with Crippen molar-refractivity contribution in [1.82, 2.24) is 5.32 Å². The standard InChI is InChI=1S/C12H10ClNO2/c1-2-5-14-12(15)11-7-8-6-9(13)3-4-10(8)16-11/h1,3-4,6,11H,5,7H2,(H,14,15). The summed E-state index contributed by atoms with van der Waals surface area (Å²) in [5.74, 6) is 2.87. The molecule has 0 bridgehead atoms. The van der Waals surface area contributed by atoms with Gasteiger partial charge in [-0.15, -0.1) is 6.42 Å². The molecule has 0 aliphatic carbocycles. The van der Waals surface area contributed by atoms with Gasteiger partial charge in [-0.05, 0) is 23.8 Å².